The molecule has 33 heavy (non-hydrogen) atoms. The number of nitriles is 1. The van der Waals surface area contributed by atoms with E-state index in [4.69, 9.17) is 32.7 Å². The molecule has 0 bridgehead atoms. The predicted octanol–water partition coefficient (Wildman–Crippen LogP) is 7.42. The Balaban J connectivity index is 1.64. The molecule has 1 aromatic heterocycles. The number of hydrogen-bond donors (Lipinski definition) is 1. The van der Waals surface area contributed by atoms with Crippen LogP contribution in [0.25, 0.3) is 22.7 Å². The molecule has 0 aliphatic heterocycles. The molecule has 5 nitrogen and oxygen atoms in total. The molecule has 0 unspecified atom stereocenters. The molecule has 166 valence electrons. The van der Waals surface area contributed by atoms with E-state index in [2.05, 4.69) is 32.0 Å². The molecule has 0 aliphatic carbocycles. The third kappa shape index (κ3) is 5.14. The standard InChI is InChI=1S/C24H15BrCl2FN3O2/c1-32-22-7-14(6-15(11-29)24-30-20-5-4-17(28)9-21(20)31-24)18(25)10-23(22)33-12-13-2-3-16(26)8-19(13)27/h2-10H,12H2,1H3,(H,30,31)/b15-6-. The van der Waals surface area contributed by atoms with Crippen molar-refractivity contribution in [1.82, 2.24) is 9.97 Å². The molecule has 4 rings (SSSR count). The number of aromatic nitrogens is 2. The molecule has 9 heteroatoms. The van der Waals surface area contributed by atoms with Crippen LogP contribution in [0.1, 0.15) is 17.0 Å². The molecule has 0 saturated carbocycles. The van der Waals surface area contributed by atoms with Crippen molar-refractivity contribution in [2.24, 2.45) is 0 Å². The van der Waals surface area contributed by atoms with E-state index in [1.807, 2.05) is 0 Å². The fourth-order valence-electron chi connectivity index (χ4n) is 3.15. The molecule has 0 saturated heterocycles. The van der Waals surface area contributed by atoms with Crippen molar-refractivity contribution in [3.05, 3.63) is 85.8 Å². The number of rotatable bonds is 6. The summed E-state index contributed by atoms with van der Waals surface area (Å²) in [6.07, 6.45) is 1.65. The molecule has 0 amide bonds. The number of methoxy groups -OCH3 is 1. The first-order valence-corrected chi connectivity index (χ1v) is 11.1. The Hall–Kier alpha value is -3.05. The second kappa shape index (κ2) is 9.84. The highest BCUT2D eigenvalue weighted by Crippen LogP contribution is 2.36. The lowest BCUT2D eigenvalue weighted by Crippen LogP contribution is -1.99. The van der Waals surface area contributed by atoms with E-state index in [0.29, 0.717) is 48.4 Å². The average molecular weight is 547 g/mol. The summed E-state index contributed by atoms with van der Waals surface area (Å²) in [7, 11) is 1.53. The zero-order valence-electron chi connectivity index (χ0n) is 17.1. The summed E-state index contributed by atoms with van der Waals surface area (Å²) in [5.74, 6) is 0.911. The van der Waals surface area contributed by atoms with Crippen molar-refractivity contribution >= 4 is 61.8 Å². The zero-order chi connectivity index (χ0) is 23.5. The van der Waals surface area contributed by atoms with Crippen molar-refractivity contribution in [1.29, 1.82) is 5.26 Å². The third-order valence-electron chi connectivity index (χ3n) is 4.80. The lowest BCUT2D eigenvalue weighted by molar-refractivity contribution is 0.284. The topological polar surface area (TPSA) is 70.9 Å². The minimum absolute atomic E-state index is 0.215. The monoisotopic (exact) mass is 545 g/mol. The zero-order valence-corrected chi connectivity index (χ0v) is 20.2. The number of H-pyrrole nitrogens is 1. The maximum absolute atomic E-state index is 13.5. The highest BCUT2D eigenvalue weighted by Gasteiger charge is 2.14. The van der Waals surface area contributed by atoms with Crippen LogP contribution in [0.4, 0.5) is 4.39 Å². The van der Waals surface area contributed by atoms with Crippen LogP contribution in [0.15, 0.2) is 53.0 Å². The summed E-state index contributed by atoms with van der Waals surface area (Å²) in [4.78, 5) is 7.36. The molecule has 0 atom stereocenters. The number of halogens is 4. The van der Waals surface area contributed by atoms with Gasteiger partial charge in [0.15, 0.2) is 11.5 Å². The first-order valence-electron chi connectivity index (χ1n) is 9.59. The lowest BCUT2D eigenvalue weighted by Gasteiger charge is -2.14. The van der Waals surface area contributed by atoms with Gasteiger partial charge in [0, 0.05) is 20.1 Å². The fourth-order valence-corrected chi connectivity index (χ4v) is 4.05. The molecule has 0 radical (unpaired) electrons. The number of imidazole rings is 1. The van der Waals surface area contributed by atoms with E-state index >= 15 is 0 Å². The second-order valence-corrected chi connectivity index (χ2v) is 8.66. The maximum Gasteiger partial charge on any atom is 0.162 e. The number of allylic oxidation sites excluding steroid dienone is 1. The molecule has 1 heterocycles. The summed E-state index contributed by atoms with van der Waals surface area (Å²) in [6, 6.07) is 15.0. The Kier molecular flexibility index (Phi) is 6.89. The van der Waals surface area contributed by atoms with Gasteiger partial charge in [0.2, 0.25) is 0 Å². The number of benzene rings is 3. The molecule has 4 aromatic rings. The number of hydrogen-bond acceptors (Lipinski definition) is 4. The van der Waals surface area contributed by atoms with Gasteiger partial charge >= 0.3 is 0 Å². The summed E-state index contributed by atoms with van der Waals surface area (Å²) in [6.45, 7) is 0.215. The summed E-state index contributed by atoms with van der Waals surface area (Å²) >= 11 is 15.7. The molecule has 0 fully saturated rings. The largest absolute Gasteiger partial charge is 0.493 e. The Morgan fingerprint density at radius 2 is 2.00 bits per heavy atom. The SMILES string of the molecule is COc1cc(/C=C(/C#N)c2nc3ccc(F)cc3[nH]2)c(Br)cc1OCc1ccc(Cl)cc1Cl. The van der Waals surface area contributed by atoms with Gasteiger partial charge in [-0.15, -0.1) is 0 Å². The van der Waals surface area contributed by atoms with Crippen LogP contribution in [0.5, 0.6) is 11.5 Å². The minimum atomic E-state index is -0.386. The highest BCUT2D eigenvalue weighted by atomic mass is 79.9. The lowest BCUT2D eigenvalue weighted by atomic mass is 10.1. The third-order valence-corrected chi connectivity index (χ3v) is 6.07. The van der Waals surface area contributed by atoms with Gasteiger partial charge in [-0.05, 0) is 54.1 Å². The van der Waals surface area contributed by atoms with E-state index in [0.717, 1.165) is 5.56 Å². The number of aromatic amines is 1. The number of nitrogens with zero attached hydrogens (tertiary/aromatic N) is 2. The van der Waals surface area contributed by atoms with Crippen LogP contribution < -0.4 is 9.47 Å². The van der Waals surface area contributed by atoms with Gasteiger partial charge in [-0.25, -0.2) is 9.37 Å². The summed E-state index contributed by atoms with van der Waals surface area (Å²) in [5, 5.41) is 10.8. The average Bonchev–Trinajstić information content (AvgIpc) is 3.20. The first-order chi connectivity index (χ1) is 15.9. The normalized spacial score (nSPS) is 11.5. The van der Waals surface area contributed by atoms with Crippen molar-refractivity contribution in [3.63, 3.8) is 0 Å². The number of nitrogens with one attached hydrogen (secondary N) is 1. The van der Waals surface area contributed by atoms with Gasteiger partial charge in [-0.2, -0.15) is 5.26 Å². The van der Waals surface area contributed by atoms with Crippen molar-refractivity contribution in [2.45, 2.75) is 6.61 Å². The minimum Gasteiger partial charge on any atom is -0.493 e. The van der Waals surface area contributed by atoms with Crippen LogP contribution in [-0.4, -0.2) is 17.1 Å². The molecule has 3 aromatic carbocycles. The van der Waals surface area contributed by atoms with Gasteiger partial charge < -0.3 is 14.5 Å². The van der Waals surface area contributed by atoms with Crippen molar-refractivity contribution < 1.29 is 13.9 Å². The number of fused-ring (bicyclic) bond motifs is 1. The van der Waals surface area contributed by atoms with Gasteiger partial charge in [0.05, 0.1) is 23.7 Å². The molecular formula is C24H15BrCl2FN3O2. The van der Waals surface area contributed by atoms with Crippen LogP contribution in [0.2, 0.25) is 10.0 Å². The van der Waals surface area contributed by atoms with Crippen LogP contribution in [0, 0.1) is 17.1 Å². The smallest absolute Gasteiger partial charge is 0.162 e. The predicted molar refractivity (Wildman–Crippen MR) is 131 cm³/mol. The maximum atomic E-state index is 13.5. The Morgan fingerprint density at radius 1 is 1.18 bits per heavy atom. The van der Waals surface area contributed by atoms with Crippen LogP contribution >= 0.6 is 39.1 Å². The van der Waals surface area contributed by atoms with E-state index < -0.39 is 0 Å². The highest BCUT2D eigenvalue weighted by molar-refractivity contribution is 9.10. The molecule has 1 N–H and O–H groups in total. The van der Waals surface area contributed by atoms with Gasteiger partial charge in [0.25, 0.3) is 0 Å². The fraction of sp³-hybridized carbons (Fsp3) is 0.0833. The van der Waals surface area contributed by atoms with E-state index in [1.165, 1.54) is 19.2 Å². The van der Waals surface area contributed by atoms with Gasteiger partial charge in [0.1, 0.15) is 24.3 Å². The Labute approximate surface area is 207 Å². The van der Waals surface area contributed by atoms with Crippen LogP contribution in [0.3, 0.4) is 0 Å². The first kappa shape index (κ1) is 23.1. The second-order valence-electron chi connectivity index (χ2n) is 6.97. The Morgan fingerprint density at radius 3 is 2.73 bits per heavy atom. The van der Waals surface area contributed by atoms with E-state index in [-0.39, 0.29) is 18.0 Å². The molecule has 0 spiro atoms. The summed E-state index contributed by atoms with van der Waals surface area (Å²) < 4.78 is 25.6. The van der Waals surface area contributed by atoms with Gasteiger partial charge in [-0.1, -0.05) is 45.2 Å². The molecular weight excluding hydrogens is 532 g/mol. The van der Waals surface area contributed by atoms with Crippen molar-refractivity contribution in [2.75, 3.05) is 7.11 Å². The summed E-state index contributed by atoms with van der Waals surface area (Å²) in [5.41, 5.74) is 2.79. The quantitative estimate of drug-likeness (QED) is 0.255. The van der Waals surface area contributed by atoms with E-state index in [9.17, 15) is 9.65 Å². The molecule has 0 aliphatic rings. The Bertz CT molecular complexity index is 1430. The van der Waals surface area contributed by atoms with E-state index in [1.54, 1.807) is 42.5 Å². The van der Waals surface area contributed by atoms with Gasteiger partial charge in [-0.3, -0.25) is 0 Å². The number of ether oxygens (including phenoxy) is 2. The van der Waals surface area contributed by atoms with Crippen LogP contribution in [-0.2, 0) is 6.61 Å². The van der Waals surface area contributed by atoms with Crippen molar-refractivity contribution in [3.8, 4) is 17.6 Å².